The lowest BCUT2D eigenvalue weighted by Crippen LogP contribution is -2.52. The number of nitrogens with one attached hydrogen (secondary N) is 1. The third-order valence-electron chi connectivity index (χ3n) is 3.21. The highest BCUT2D eigenvalue weighted by molar-refractivity contribution is 5.32. The van der Waals surface area contributed by atoms with Gasteiger partial charge >= 0.3 is 0 Å². The summed E-state index contributed by atoms with van der Waals surface area (Å²) in [6, 6.07) is 0. The molecular weight excluding hydrogens is 204 g/mol. The van der Waals surface area contributed by atoms with Crippen LogP contribution in [-0.4, -0.2) is 21.6 Å². The maximum Gasteiger partial charge on any atom is 0.293 e. The van der Waals surface area contributed by atoms with Gasteiger partial charge in [0.15, 0.2) is 5.82 Å². The monoisotopic (exact) mass is 222 g/mol. The van der Waals surface area contributed by atoms with Crippen LogP contribution in [0, 0.1) is 0 Å². The second kappa shape index (κ2) is 4.25. The van der Waals surface area contributed by atoms with Gasteiger partial charge in [-0.25, -0.2) is 4.98 Å². The van der Waals surface area contributed by atoms with Gasteiger partial charge in [0.2, 0.25) is 0 Å². The van der Waals surface area contributed by atoms with Gasteiger partial charge in [0.05, 0.1) is 0 Å². The van der Waals surface area contributed by atoms with Crippen molar-refractivity contribution in [2.75, 3.05) is 11.9 Å². The van der Waals surface area contributed by atoms with E-state index >= 15 is 0 Å². The molecule has 1 aliphatic carbocycles. The van der Waals surface area contributed by atoms with Crippen molar-refractivity contribution in [3.8, 4) is 0 Å². The summed E-state index contributed by atoms with van der Waals surface area (Å²) >= 11 is 0. The van der Waals surface area contributed by atoms with Gasteiger partial charge in [-0.15, -0.1) is 0 Å². The van der Waals surface area contributed by atoms with Crippen molar-refractivity contribution in [1.82, 2.24) is 9.55 Å². The van der Waals surface area contributed by atoms with Crippen molar-refractivity contribution >= 4 is 5.82 Å². The summed E-state index contributed by atoms with van der Waals surface area (Å²) < 4.78 is 1.62. The molecule has 1 aromatic heterocycles. The summed E-state index contributed by atoms with van der Waals surface area (Å²) in [5.74, 6) is 0.404. The van der Waals surface area contributed by atoms with Gasteiger partial charge in [0, 0.05) is 31.0 Å². The second-order valence-electron chi connectivity index (χ2n) is 4.44. The highest BCUT2D eigenvalue weighted by Gasteiger charge is 2.32. The molecule has 0 unspecified atom stereocenters. The number of anilines is 1. The zero-order valence-electron chi connectivity index (χ0n) is 9.57. The molecule has 2 rings (SSSR count). The average Bonchev–Trinajstić information content (AvgIpc) is 2.25. The molecule has 0 radical (unpaired) electrons. The van der Waals surface area contributed by atoms with Gasteiger partial charge < -0.3 is 15.6 Å². The molecule has 1 heterocycles. The van der Waals surface area contributed by atoms with Gasteiger partial charge in [-0.1, -0.05) is 0 Å². The van der Waals surface area contributed by atoms with Crippen molar-refractivity contribution in [2.45, 2.75) is 38.3 Å². The normalized spacial score (nSPS) is 17.9. The Labute approximate surface area is 94.7 Å². The first kappa shape index (κ1) is 11.1. The minimum absolute atomic E-state index is 0.0760. The molecule has 1 aromatic rings. The molecular formula is C11H18N4O. The third-order valence-corrected chi connectivity index (χ3v) is 3.21. The molecule has 5 nitrogen and oxygen atoms in total. The highest BCUT2D eigenvalue weighted by atomic mass is 16.1. The van der Waals surface area contributed by atoms with Gasteiger partial charge in [-0.3, -0.25) is 4.79 Å². The molecule has 1 fully saturated rings. The number of aryl methyl sites for hydroxylation is 1. The maximum atomic E-state index is 11.8. The molecule has 0 aliphatic heterocycles. The molecule has 1 aliphatic rings. The lowest BCUT2D eigenvalue weighted by molar-refractivity contribution is 0.265. The molecule has 0 saturated heterocycles. The molecule has 1 saturated carbocycles. The van der Waals surface area contributed by atoms with E-state index in [-0.39, 0.29) is 11.1 Å². The topological polar surface area (TPSA) is 72.9 Å². The Morgan fingerprint density at radius 3 is 2.94 bits per heavy atom. The van der Waals surface area contributed by atoms with Gasteiger partial charge in [0.25, 0.3) is 5.56 Å². The van der Waals surface area contributed by atoms with E-state index in [0.717, 1.165) is 12.8 Å². The number of hydrogen-bond acceptors (Lipinski definition) is 4. The van der Waals surface area contributed by atoms with E-state index in [4.69, 9.17) is 5.73 Å². The van der Waals surface area contributed by atoms with Crippen molar-refractivity contribution in [3.05, 3.63) is 22.7 Å². The molecule has 0 bridgehead atoms. The van der Waals surface area contributed by atoms with Crippen molar-refractivity contribution in [3.63, 3.8) is 0 Å². The summed E-state index contributed by atoms with van der Waals surface area (Å²) in [5.41, 5.74) is 5.86. The van der Waals surface area contributed by atoms with Crippen molar-refractivity contribution in [2.24, 2.45) is 5.73 Å². The first-order valence-electron chi connectivity index (χ1n) is 5.73. The molecule has 0 amide bonds. The minimum Gasteiger partial charge on any atom is -0.364 e. The molecule has 0 aromatic carbocycles. The zero-order chi connectivity index (χ0) is 11.6. The maximum absolute atomic E-state index is 11.8. The Morgan fingerprint density at radius 2 is 2.38 bits per heavy atom. The Balaban J connectivity index is 2.07. The third kappa shape index (κ3) is 2.09. The summed E-state index contributed by atoms with van der Waals surface area (Å²) in [6.45, 7) is 3.22. The van der Waals surface area contributed by atoms with Crippen molar-refractivity contribution < 1.29 is 0 Å². The molecule has 3 N–H and O–H groups in total. The molecule has 5 heteroatoms. The fourth-order valence-corrected chi connectivity index (χ4v) is 1.88. The smallest absolute Gasteiger partial charge is 0.293 e. The first-order chi connectivity index (χ1) is 7.64. The predicted octanol–water partition coefficient (Wildman–Crippen LogP) is 0.556. The second-order valence-corrected chi connectivity index (χ2v) is 4.44. The van der Waals surface area contributed by atoms with Crippen LogP contribution in [0.15, 0.2) is 17.2 Å². The number of aromatic nitrogens is 2. The summed E-state index contributed by atoms with van der Waals surface area (Å²) in [5, 5.41) is 3.06. The quantitative estimate of drug-likeness (QED) is 0.780. The standard InChI is InChI=1S/C11H18N4O/c1-2-15-7-6-13-9(10(15)16)14-8-11(12)4-3-5-11/h6-7H,2-5,8,12H2,1H3,(H,13,14). The Bertz CT molecular complexity index is 422. The van der Waals surface area contributed by atoms with Crippen LogP contribution in [0.2, 0.25) is 0 Å². The van der Waals surface area contributed by atoms with E-state index < -0.39 is 0 Å². The fourth-order valence-electron chi connectivity index (χ4n) is 1.88. The minimum atomic E-state index is -0.138. The number of hydrogen-bond donors (Lipinski definition) is 2. The molecule has 0 spiro atoms. The number of nitrogens with zero attached hydrogens (tertiary/aromatic N) is 2. The van der Waals surface area contributed by atoms with Crippen LogP contribution >= 0.6 is 0 Å². The van der Waals surface area contributed by atoms with E-state index in [0.29, 0.717) is 18.9 Å². The van der Waals surface area contributed by atoms with Crippen LogP contribution in [0.5, 0.6) is 0 Å². The van der Waals surface area contributed by atoms with Gasteiger partial charge in [-0.05, 0) is 26.2 Å². The molecule has 0 atom stereocenters. The zero-order valence-corrected chi connectivity index (χ0v) is 9.57. The number of nitrogens with two attached hydrogens (primary N) is 1. The Kier molecular flexibility index (Phi) is 2.96. The van der Waals surface area contributed by atoms with E-state index in [2.05, 4.69) is 10.3 Å². The van der Waals surface area contributed by atoms with Crippen molar-refractivity contribution in [1.29, 1.82) is 0 Å². The van der Waals surface area contributed by atoms with E-state index in [1.54, 1.807) is 17.0 Å². The summed E-state index contributed by atoms with van der Waals surface area (Å²) in [6.07, 6.45) is 6.55. The van der Waals surface area contributed by atoms with E-state index in [1.807, 2.05) is 6.92 Å². The van der Waals surface area contributed by atoms with Crippen LogP contribution < -0.4 is 16.6 Å². The lowest BCUT2D eigenvalue weighted by atomic mass is 9.78. The molecule has 88 valence electrons. The van der Waals surface area contributed by atoms with Gasteiger partial charge in [0.1, 0.15) is 0 Å². The van der Waals surface area contributed by atoms with Gasteiger partial charge in [-0.2, -0.15) is 0 Å². The fraction of sp³-hybridized carbons (Fsp3) is 0.636. The lowest BCUT2D eigenvalue weighted by Gasteiger charge is -2.38. The first-order valence-corrected chi connectivity index (χ1v) is 5.73. The van der Waals surface area contributed by atoms with Crippen LogP contribution in [0.3, 0.4) is 0 Å². The number of rotatable bonds is 4. The summed E-state index contributed by atoms with van der Waals surface area (Å²) in [7, 11) is 0. The molecule has 16 heavy (non-hydrogen) atoms. The largest absolute Gasteiger partial charge is 0.364 e. The Hall–Kier alpha value is -1.36. The average molecular weight is 222 g/mol. The highest BCUT2D eigenvalue weighted by Crippen LogP contribution is 2.28. The predicted molar refractivity (Wildman–Crippen MR) is 63.4 cm³/mol. The van der Waals surface area contributed by atoms with Crippen LogP contribution in [0.25, 0.3) is 0 Å². The van der Waals surface area contributed by atoms with Crippen LogP contribution in [0.4, 0.5) is 5.82 Å². The SMILES string of the molecule is CCn1ccnc(NCC2(N)CCC2)c1=O. The van der Waals surface area contributed by atoms with E-state index in [1.165, 1.54) is 6.42 Å². The van der Waals surface area contributed by atoms with Crippen LogP contribution in [0.1, 0.15) is 26.2 Å². The van der Waals surface area contributed by atoms with E-state index in [9.17, 15) is 4.79 Å². The van der Waals surface area contributed by atoms with Crippen LogP contribution in [-0.2, 0) is 6.54 Å². The summed E-state index contributed by atoms with van der Waals surface area (Å²) in [4.78, 5) is 15.9. The Morgan fingerprint density at radius 1 is 1.62 bits per heavy atom.